The summed E-state index contributed by atoms with van der Waals surface area (Å²) in [6.45, 7) is 0. The molecule has 1 unspecified atom stereocenters. The second-order valence-corrected chi connectivity index (χ2v) is 4.65. The zero-order chi connectivity index (χ0) is 15.8. The van der Waals surface area contributed by atoms with Gasteiger partial charge in [-0.2, -0.15) is 0 Å². The zero-order valence-electron chi connectivity index (χ0n) is 11.0. The van der Waals surface area contributed by atoms with Crippen LogP contribution < -0.4 is 5.32 Å². The number of hydrogen-bond acceptors (Lipinski definition) is 3. The molecule has 0 saturated carbocycles. The van der Waals surface area contributed by atoms with Crippen LogP contribution in [0.15, 0.2) is 30.3 Å². The standard InChI is InChI=1S/C14H14ClNO5/c15-10-4-1-9(2-5-10)3-7-12(17)16-11(14(20)21)6-8-13(18)19/h1-5,7,11H,6,8H2,(H,16,17)(H,18,19)(H,20,21)/b7-3+. The van der Waals surface area contributed by atoms with Crippen LogP contribution >= 0.6 is 11.6 Å². The molecule has 0 saturated heterocycles. The number of nitrogens with one attached hydrogen (secondary N) is 1. The van der Waals surface area contributed by atoms with Crippen LogP contribution in [0.25, 0.3) is 6.08 Å². The van der Waals surface area contributed by atoms with Gasteiger partial charge in [0, 0.05) is 17.5 Å². The maximum atomic E-state index is 11.6. The van der Waals surface area contributed by atoms with Crippen LogP contribution in [-0.2, 0) is 14.4 Å². The predicted molar refractivity (Wildman–Crippen MR) is 76.9 cm³/mol. The van der Waals surface area contributed by atoms with E-state index < -0.39 is 23.9 Å². The number of carbonyl (C=O) groups excluding carboxylic acids is 1. The molecular formula is C14H14ClNO5. The van der Waals surface area contributed by atoms with E-state index in [1.807, 2.05) is 0 Å². The molecule has 21 heavy (non-hydrogen) atoms. The van der Waals surface area contributed by atoms with E-state index in [1.54, 1.807) is 24.3 Å². The molecule has 0 heterocycles. The molecule has 0 spiro atoms. The Labute approximate surface area is 126 Å². The summed E-state index contributed by atoms with van der Waals surface area (Å²) in [5.74, 6) is -3.00. The first-order valence-electron chi connectivity index (χ1n) is 6.07. The third-order valence-corrected chi connectivity index (χ3v) is 2.81. The van der Waals surface area contributed by atoms with Gasteiger partial charge in [0.05, 0.1) is 0 Å². The first kappa shape index (κ1) is 16.7. The van der Waals surface area contributed by atoms with Crippen molar-refractivity contribution in [1.82, 2.24) is 5.32 Å². The molecule has 6 nitrogen and oxygen atoms in total. The Hall–Kier alpha value is -2.34. The van der Waals surface area contributed by atoms with E-state index in [4.69, 9.17) is 21.8 Å². The lowest BCUT2D eigenvalue weighted by molar-refractivity contribution is -0.142. The molecule has 0 aromatic heterocycles. The minimum Gasteiger partial charge on any atom is -0.481 e. The van der Waals surface area contributed by atoms with E-state index in [-0.39, 0.29) is 12.8 Å². The van der Waals surface area contributed by atoms with Gasteiger partial charge in [-0.3, -0.25) is 9.59 Å². The lowest BCUT2D eigenvalue weighted by atomic mass is 10.1. The van der Waals surface area contributed by atoms with Crippen LogP contribution in [0.4, 0.5) is 0 Å². The van der Waals surface area contributed by atoms with Crippen molar-refractivity contribution in [3.63, 3.8) is 0 Å². The molecule has 0 radical (unpaired) electrons. The maximum absolute atomic E-state index is 11.6. The van der Waals surface area contributed by atoms with E-state index in [9.17, 15) is 14.4 Å². The Morgan fingerprint density at radius 3 is 2.33 bits per heavy atom. The molecular weight excluding hydrogens is 298 g/mol. The van der Waals surface area contributed by atoms with Gasteiger partial charge < -0.3 is 15.5 Å². The summed E-state index contributed by atoms with van der Waals surface area (Å²) < 4.78 is 0. The van der Waals surface area contributed by atoms with E-state index in [0.29, 0.717) is 5.02 Å². The van der Waals surface area contributed by atoms with Gasteiger partial charge in [0.15, 0.2) is 0 Å². The minimum absolute atomic E-state index is 0.175. The zero-order valence-corrected chi connectivity index (χ0v) is 11.7. The second kappa shape index (κ2) is 8.06. The Kier molecular flexibility index (Phi) is 6.42. The van der Waals surface area contributed by atoms with E-state index in [1.165, 1.54) is 12.2 Å². The third-order valence-electron chi connectivity index (χ3n) is 2.56. The smallest absolute Gasteiger partial charge is 0.326 e. The van der Waals surface area contributed by atoms with Gasteiger partial charge in [-0.25, -0.2) is 4.79 Å². The van der Waals surface area contributed by atoms with E-state index in [0.717, 1.165) is 5.56 Å². The van der Waals surface area contributed by atoms with Crippen LogP contribution in [0.5, 0.6) is 0 Å². The van der Waals surface area contributed by atoms with Crippen molar-refractivity contribution >= 4 is 35.5 Å². The molecule has 7 heteroatoms. The lowest BCUT2D eigenvalue weighted by Crippen LogP contribution is -2.40. The summed E-state index contributed by atoms with van der Waals surface area (Å²) in [5, 5.41) is 20.2. The fourth-order valence-corrected chi connectivity index (χ4v) is 1.62. The number of halogens is 1. The van der Waals surface area contributed by atoms with Crippen LogP contribution in [0.1, 0.15) is 18.4 Å². The molecule has 3 N–H and O–H groups in total. The van der Waals surface area contributed by atoms with Crippen LogP contribution in [0.2, 0.25) is 5.02 Å². The normalized spacial score (nSPS) is 12.0. The van der Waals surface area contributed by atoms with Gasteiger partial charge in [-0.05, 0) is 30.2 Å². The summed E-state index contributed by atoms with van der Waals surface area (Å²) in [7, 11) is 0. The lowest BCUT2D eigenvalue weighted by Gasteiger charge is -2.11. The van der Waals surface area contributed by atoms with Gasteiger partial charge in [0.1, 0.15) is 6.04 Å². The van der Waals surface area contributed by atoms with E-state index >= 15 is 0 Å². The summed E-state index contributed by atoms with van der Waals surface area (Å²) in [6, 6.07) is 5.48. The Morgan fingerprint density at radius 2 is 1.81 bits per heavy atom. The number of carboxylic acid groups (broad SMARTS) is 2. The molecule has 0 aliphatic heterocycles. The number of carboxylic acids is 2. The van der Waals surface area contributed by atoms with Crippen LogP contribution in [0, 0.1) is 0 Å². The largest absolute Gasteiger partial charge is 0.481 e. The van der Waals surface area contributed by atoms with E-state index in [2.05, 4.69) is 5.32 Å². The van der Waals surface area contributed by atoms with Gasteiger partial charge in [0.25, 0.3) is 0 Å². The molecule has 1 aromatic carbocycles. The SMILES string of the molecule is O=C(O)CCC(NC(=O)/C=C/c1ccc(Cl)cc1)C(=O)O. The highest BCUT2D eigenvalue weighted by Crippen LogP contribution is 2.10. The highest BCUT2D eigenvalue weighted by atomic mass is 35.5. The number of carbonyl (C=O) groups is 3. The van der Waals surface area contributed by atoms with Crippen LogP contribution in [0.3, 0.4) is 0 Å². The predicted octanol–water partition coefficient (Wildman–Crippen LogP) is 1.79. The summed E-state index contributed by atoms with van der Waals surface area (Å²) in [4.78, 5) is 32.9. The number of rotatable bonds is 7. The molecule has 1 rings (SSSR count). The molecule has 0 aliphatic rings. The number of amides is 1. The molecule has 0 aliphatic carbocycles. The summed E-state index contributed by atoms with van der Waals surface area (Å²) in [5.41, 5.74) is 0.729. The number of hydrogen-bond donors (Lipinski definition) is 3. The Balaban J connectivity index is 2.59. The van der Waals surface area contributed by atoms with Crippen molar-refractivity contribution in [3.8, 4) is 0 Å². The van der Waals surface area contributed by atoms with Gasteiger partial charge in [-0.1, -0.05) is 23.7 Å². The van der Waals surface area contributed by atoms with Gasteiger partial charge >= 0.3 is 11.9 Å². The molecule has 112 valence electrons. The van der Waals surface area contributed by atoms with Gasteiger partial charge in [0.2, 0.25) is 5.91 Å². The molecule has 0 bridgehead atoms. The summed E-state index contributed by atoms with van der Waals surface area (Å²) in [6.07, 6.45) is 2.17. The Morgan fingerprint density at radius 1 is 1.19 bits per heavy atom. The molecule has 1 atom stereocenters. The second-order valence-electron chi connectivity index (χ2n) is 4.22. The topological polar surface area (TPSA) is 104 Å². The fourth-order valence-electron chi connectivity index (χ4n) is 1.49. The quantitative estimate of drug-likeness (QED) is 0.666. The maximum Gasteiger partial charge on any atom is 0.326 e. The number of benzene rings is 1. The third kappa shape index (κ3) is 6.58. The molecule has 1 aromatic rings. The average molecular weight is 312 g/mol. The minimum atomic E-state index is -1.27. The average Bonchev–Trinajstić information content (AvgIpc) is 2.42. The number of aliphatic carboxylic acids is 2. The Bertz CT molecular complexity index is 553. The van der Waals surface area contributed by atoms with Crippen molar-refractivity contribution in [2.45, 2.75) is 18.9 Å². The highest BCUT2D eigenvalue weighted by Gasteiger charge is 2.19. The highest BCUT2D eigenvalue weighted by molar-refractivity contribution is 6.30. The van der Waals surface area contributed by atoms with Crippen LogP contribution in [-0.4, -0.2) is 34.1 Å². The molecule has 1 amide bonds. The van der Waals surface area contributed by atoms with Crippen molar-refractivity contribution in [2.75, 3.05) is 0 Å². The van der Waals surface area contributed by atoms with Gasteiger partial charge in [-0.15, -0.1) is 0 Å². The van der Waals surface area contributed by atoms with Crippen molar-refractivity contribution in [3.05, 3.63) is 40.9 Å². The van der Waals surface area contributed by atoms with Crippen molar-refractivity contribution in [1.29, 1.82) is 0 Å². The molecule has 0 fully saturated rings. The summed E-state index contributed by atoms with van der Waals surface area (Å²) >= 11 is 5.72. The fraction of sp³-hybridized carbons (Fsp3) is 0.214. The van der Waals surface area contributed by atoms with Crippen molar-refractivity contribution < 1.29 is 24.6 Å². The first-order valence-corrected chi connectivity index (χ1v) is 6.45. The van der Waals surface area contributed by atoms with Crippen molar-refractivity contribution in [2.24, 2.45) is 0 Å². The monoisotopic (exact) mass is 311 g/mol. The first-order chi connectivity index (χ1) is 9.88.